The van der Waals surface area contributed by atoms with Crippen molar-refractivity contribution in [1.29, 1.82) is 0 Å². The number of benzene rings is 1. The van der Waals surface area contributed by atoms with Crippen LogP contribution < -0.4 is 0 Å². The number of carbonyl (C=O) groups is 1. The molecule has 1 atom stereocenters. The van der Waals surface area contributed by atoms with E-state index in [1.165, 1.54) is 0 Å². The molecule has 0 amide bonds. The number of halogens is 2. The van der Waals surface area contributed by atoms with Crippen molar-refractivity contribution >= 4 is 54.1 Å². The SMILES string of the molecule is Cc1ccc(C(=O)[C@](Br)(I)S(C)(=O)=O)cc1. The number of aryl methyl sites for hydroxylation is 1. The first kappa shape index (κ1) is 14.1. The Morgan fingerprint density at radius 3 is 2.12 bits per heavy atom. The van der Waals surface area contributed by atoms with Crippen molar-refractivity contribution in [2.45, 2.75) is 8.59 Å². The highest BCUT2D eigenvalue weighted by Gasteiger charge is 2.43. The van der Waals surface area contributed by atoms with E-state index < -0.39 is 17.3 Å². The van der Waals surface area contributed by atoms with Crippen LogP contribution in [0.25, 0.3) is 0 Å². The maximum atomic E-state index is 12.0. The molecule has 3 nitrogen and oxygen atoms in total. The van der Waals surface area contributed by atoms with Crippen LogP contribution in [0.3, 0.4) is 0 Å². The van der Waals surface area contributed by atoms with Gasteiger partial charge >= 0.3 is 0 Å². The van der Waals surface area contributed by atoms with Crippen LogP contribution in [0, 0.1) is 6.92 Å². The normalized spacial score (nSPS) is 15.5. The second kappa shape index (κ2) is 4.73. The Hall–Kier alpha value is 0.0500. The van der Waals surface area contributed by atoms with Crippen LogP contribution in [0.15, 0.2) is 24.3 Å². The second-order valence-corrected chi connectivity index (χ2v) is 11.2. The van der Waals surface area contributed by atoms with Gasteiger partial charge < -0.3 is 0 Å². The molecule has 6 heteroatoms. The van der Waals surface area contributed by atoms with Crippen molar-refractivity contribution in [2.24, 2.45) is 0 Å². The smallest absolute Gasteiger partial charge is 0.238 e. The summed E-state index contributed by atoms with van der Waals surface area (Å²) >= 11 is 4.57. The molecule has 0 unspecified atom stereocenters. The molecule has 0 aromatic heterocycles. The number of alkyl halides is 2. The summed E-state index contributed by atoms with van der Waals surface area (Å²) in [5, 5.41) is 0. The number of hydrogen-bond acceptors (Lipinski definition) is 3. The van der Waals surface area contributed by atoms with Gasteiger partial charge in [0.2, 0.25) is 7.45 Å². The first-order chi connectivity index (χ1) is 7.16. The molecule has 0 aliphatic heterocycles. The third-order valence-corrected chi connectivity index (χ3v) is 8.17. The lowest BCUT2D eigenvalue weighted by Gasteiger charge is -2.16. The fraction of sp³-hybridized carbons (Fsp3) is 0.300. The van der Waals surface area contributed by atoms with Crippen molar-refractivity contribution in [2.75, 3.05) is 6.26 Å². The Kier molecular flexibility index (Phi) is 4.18. The minimum Gasteiger partial charge on any atom is -0.290 e. The molecule has 0 aliphatic carbocycles. The van der Waals surface area contributed by atoms with Gasteiger partial charge in [-0.15, -0.1) is 0 Å². The van der Waals surface area contributed by atoms with E-state index in [9.17, 15) is 13.2 Å². The summed E-state index contributed by atoms with van der Waals surface area (Å²) in [7, 11) is -3.51. The zero-order valence-corrected chi connectivity index (χ0v) is 13.3. The molecular weight excluding hydrogens is 407 g/mol. The van der Waals surface area contributed by atoms with Crippen molar-refractivity contribution in [3.63, 3.8) is 0 Å². The summed E-state index contributed by atoms with van der Waals surface area (Å²) in [5.74, 6) is -0.462. The average Bonchev–Trinajstić information content (AvgIpc) is 2.16. The minimum absolute atomic E-state index is 0.377. The molecule has 0 bridgehead atoms. The molecule has 1 rings (SSSR count). The van der Waals surface area contributed by atoms with Gasteiger partial charge in [-0.25, -0.2) is 8.42 Å². The van der Waals surface area contributed by atoms with Crippen LogP contribution in [-0.4, -0.2) is 22.1 Å². The second-order valence-electron chi connectivity index (χ2n) is 3.48. The van der Waals surface area contributed by atoms with E-state index in [0.717, 1.165) is 11.8 Å². The van der Waals surface area contributed by atoms with Gasteiger partial charge in [-0.05, 0) is 45.4 Å². The van der Waals surface area contributed by atoms with E-state index in [-0.39, 0.29) is 0 Å². The van der Waals surface area contributed by atoms with Gasteiger partial charge in [0.15, 0.2) is 9.84 Å². The topological polar surface area (TPSA) is 51.2 Å². The first-order valence-corrected chi connectivity index (χ1v) is 8.11. The molecule has 0 saturated heterocycles. The fourth-order valence-electron chi connectivity index (χ4n) is 1.04. The zero-order valence-electron chi connectivity index (χ0n) is 8.70. The monoisotopic (exact) mass is 416 g/mol. The van der Waals surface area contributed by atoms with Crippen LogP contribution in [0.4, 0.5) is 0 Å². The number of ketones is 1. The zero-order chi connectivity index (χ0) is 12.6. The third kappa shape index (κ3) is 2.84. The van der Waals surface area contributed by atoms with Gasteiger partial charge in [0, 0.05) is 11.8 Å². The molecule has 0 aliphatic rings. The van der Waals surface area contributed by atoms with Gasteiger partial charge in [0.25, 0.3) is 0 Å². The molecule has 16 heavy (non-hydrogen) atoms. The lowest BCUT2D eigenvalue weighted by molar-refractivity contribution is 0.101. The summed E-state index contributed by atoms with van der Waals surface area (Å²) in [4.78, 5) is 12.0. The van der Waals surface area contributed by atoms with E-state index >= 15 is 0 Å². The number of hydrogen-bond donors (Lipinski definition) is 0. The molecule has 88 valence electrons. The summed E-state index contributed by atoms with van der Waals surface area (Å²) < 4.78 is 21.3. The molecule has 0 heterocycles. The van der Waals surface area contributed by atoms with Gasteiger partial charge in [0.05, 0.1) is 0 Å². The largest absolute Gasteiger partial charge is 0.290 e. The highest BCUT2D eigenvalue weighted by atomic mass is 127. The molecular formula is C10H10BrIO3S. The predicted octanol–water partition coefficient (Wildman–Crippen LogP) is 2.71. The number of rotatable bonds is 3. The van der Waals surface area contributed by atoms with Crippen molar-refractivity contribution < 1.29 is 13.2 Å². The lowest BCUT2D eigenvalue weighted by Crippen LogP contribution is -2.33. The minimum atomic E-state index is -3.51. The van der Waals surface area contributed by atoms with Crippen LogP contribution in [0.2, 0.25) is 0 Å². The standard InChI is InChI=1S/C10H10BrIO3S/c1-7-3-5-8(6-4-7)9(13)10(11,12)16(2,14)15/h3-6H,1-2H3/t10-/m0/s1. The van der Waals surface area contributed by atoms with Crippen molar-refractivity contribution in [1.82, 2.24) is 0 Å². The predicted molar refractivity (Wildman–Crippen MR) is 76.0 cm³/mol. The summed E-state index contributed by atoms with van der Waals surface area (Å²) in [5.41, 5.74) is 1.40. The highest BCUT2D eigenvalue weighted by molar-refractivity contribution is 14.1. The molecule has 1 aromatic rings. The van der Waals surface area contributed by atoms with E-state index in [1.807, 2.05) is 6.92 Å². The fourth-order valence-corrected chi connectivity index (χ4v) is 2.04. The molecule has 0 saturated carbocycles. The van der Waals surface area contributed by atoms with Crippen LogP contribution in [-0.2, 0) is 9.84 Å². The van der Waals surface area contributed by atoms with E-state index in [1.54, 1.807) is 46.9 Å². The average molecular weight is 417 g/mol. The Labute approximate surface area is 117 Å². The Bertz CT molecular complexity index is 505. The molecule has 0 fully saturated rings. The quantitative estimate of drug-likeness (QED) is 0.432. The maximum absolute atomic E-state index is 12.0. The molecule has 0 N–H and O–H groups in total. The summed E-state index contributed by atoms with van der Waals surface area (Å²) in [6.07, 6.45) is 1.03. The Morgan fingerprint density at radius 2 is 1.75 bits per heavy atom. The van der Waals surface area contributed by atoms with E-state index in [2.05, 4.69) is 15.9 Å². The van der Waals surface area contributed by atoms with Crippen LogP contribution in [0.5, 0.6) is 0 Å². The van der Waals surface area contributed by atoms with Crippen molar-refractivity contribution in [3.8, 4) is 0 Å². The van der Waals surface area contributed by atoms with Gasteiger partial charge in [-0.2, -0.15) is 0 Å². The highest BCUT2D eigenvalue weighted by Crippen LogP contribution is 2.36. The Balaban J connectivity index is 3.18. The van der Waals surface area contributed by atoms with E-state index in [4.69, 9.17) is 0 Å². The molecule has 0 radical (unpaired) electrons. The van der Waals surface area contributed by atoms with Crippen LogP contribution in [0.1, 0.15) is 15.9 Å². The summed E-state index contributed by atoms with van der Waals surface area (Å²) in [6.45, 7) is 1.90. The van der Waals surface area contributed by atoms with Gasteiger partial charge in [-0.3, -0.25) is 4.79 Å². The Morgan fingerprint density at radius 1 is 1.31 bits per heavy atom. The molecule has 1 aromatic carbocycles. The van der Waals surface area contributed by atoms with Crippen LogP contribution >= 0.6 is 38.5 Å². The summed E-state index contributed by atoms with van der Waals surface area (Å²) in [6, 6.07) is 6.79. The number of Topliss-reactive ketones (excluding diaryl/α,β-unsaturated/α-hetero) is 1. The van der Waals surface area contributed by atoms with Crippen molar-refractivity contribution in [3.05, 3.63) is 35.4 Å². The third-order valence-electron chi connectivity index (χ3n) is 2.04. The van der Waals surface area contributed by atoms with Gasteiger partial charge in [0.1, 0.15) is 0 Å². The number of carbonyl (C=O) groups excluding carboxylic acids is 1. The molecule has 0 spiro atoms. The lowest BCUT2D eigenvalue weighted by atomic mass is 10.1. The van der Waals surface area contributed by atoms with E-state index in [0.29, 0.717) is 5.56 Å². The first-order valence-electron chi connectivity index (χ1n) is 4.35. The number of sulfone groups is 1. The van der Waals surface area contributed by atoms with Gasteiger partial charge in [-0.1, -0.05) is 29.8 Å². The maximum Gasteiger partial charge on any atom is 0.238 e.